The van der Waals surface area contributed by atoms with Gasteiger partial charge in [0, 0.05) is 18.6 Å². The Kier molecular flexibility index (Phi) is 6.26. The van der Waals surface area contributed by atoms with E-state index in [1.54, 1.807) is 0 Å². The van der Waals surface area contributed by atoms with Gasteiger partial charge in [-0.2, -0.15) is 0 Å². The van der Waals surface area contributed by atoms with Crippen LogP contribution in [-0.2, 0) is 0 Å². The number of likely N-dealkylation sites (N-methyl/N-ethyl adjacent to an activating group) is 1. The van der Waals surface area contributed by atoms with Crippen molar-refractivity contribution in [2.45, 2.75) is 64.5 Å². The molecular weight excluding hydrogens is 184 g/mol. The summed E-state index contributed by atoms with van der Waals surface area (Å²) in [4.78, 5) is 2.42. The molecular formula is C13H28N2. The Morgan fingerprint density at radius 2 is 2.13 bits per heavy atom. The van der Waals surface area contributed by atoms with E-state index in [4.69, 9.17) is 0 Å². The quantitative estimate of drug-likeness (QED) is 0.653. The van der Waals surface area contributed by atoms with Crippen molar-refractivity contribution in [2.75, 3.05) is 20.1 Å². The largest absolute Gasteiger partial charge is 0.310 e. The first-order valence-corrected chi connectivity index (χ1v) is 6.67. The molecule has 1 aliphatic rings. The first kappa shape index (κ1) is 13.0. The van der Waals surface area contributed by atoms with Crippen LogP contribution in [0.1, 0.15) is 52.4 Å². The lowest BCUT2D eigenvalue weighted by molar-refractivity contribution is 0.376. The fourth-order valence-corrected chi connectivity index (χ4v) is 2.43. The van der Waals surface area contributed by atoms with E-state index in [1.165, 1.54) is 51.6 Å². The Labute approximate surface area is 95.4 Å². The van der Waals surface area contributed by atoms with Crippen molar-refractivity contribution < 1.29 is 0 Å². The van der Waals surface area contributed by atoms with Gasteiger partial charge in [-0.3, -0.25) is 0 Å². The molecule has 0 amide bonds. The SMILES string of the molecule is CCCCCC[C@@H](C)N[C@@H]1CCN(C)C1. The van der Waals surface area contributed by atoms with Crippen molar-refractivity contribution >= 4 is 0 Å². The fraction of sp³-hybridized carbons (Fsp3) is 1.00. The van der Waals surface area contributed by atoms with Crippen LogP contribution >= 0.6 is 0 Å². The smallest absolute Gasteiger partial charge is 0.0209 e. The molecule has 0 unspecified atom stereocenters. The number of nitrogens with one attached hydrogen (secondary N) is 1. The van der Waals surface area contributed by atoms with E-state index in [0.29, 0.717) is 6.04 Å². The van der Waals surface area contributed by atoms with Crippen molar-refractivity contribution in [3.05, 3.63) is 0 Å². The Hall–Kier alpha value is -0.0800. The summed E-state index contributed by atoms with van der Waals surface area (Å²) in [6, 6.07) is 1.45. The lowest BCUT2D eigenvalue weighted by atomic mass is 10.1. The average Bonchev–Trinajstić information content (AvgIpc) is 2.59. The summed E-state index contributed by atoms with van der Waals surface area (Å²) in [5.74, 6) is 0. The van der Waals surface area contributed by atoms with E-state index >= 15 is 0 Å². The lowest BCUT2D eigenvalue weighted by Gasteiger charge is -2.19. The van der Waals surface area contributed by atoms with Crippen LogP contribution in [0.4, 0.5) is 0 Å². The van der Waals surface area contributed by atoms with Crippen molar-refractivity contribution in [1.82, 2.24) is 10.2 Å². The fourth-order valence-electron chi connectivity index (χ4n) is 2.43. The van der Waals surface area contributed by atoms with Gasteiger partial charge < -0.3 is 10.2 Å². The maximum Gasteiger partial charge on any atom is 0.0209 e. The minimum absolute atomic E-state index is 0.707. The molecule has 2 heteroatoms. The molecule has 90 valence electrons. The molecule has 0 aliphatic carbocycles. The Bertz CT molecular complexity index is 159. The highest BCUT2D eigenvalue weighted by Gasteiger charge is 2.20. The van der Waals surface area contributed by atoms with E-state index in [-0.39, 0.29) is 0 Å². The molecule has 0 spiro atoms. The summed E-state index contributed by atoms with van der Waals surface area (Å²) in [7, 11) is 2.22. The Morgan fingerprint density at radius 1 is 1.33 bits per heavy atom. The summed E-state index contributed by atoms with van der Waals surface area (Å²) in [6.45, 7) is 7.11. The van der Waals surface area contributed by atoms with Gasteiger partial charge in [-0.25, -0.2) is 0 Å². The number of hydrogen-bond acceptors (Lipinski definition) is 2. The van der Waals surface area contributed by atoms with Crippen LogP contribution in [0.3, 0.4) is 0 Å². The van der Waals surface area contributed by atoms with E-state index in [2.05, 4.69) is 31.1 Å². The van der Waals surface area contributed by atoms with Gasteiger partial charge in [0.25, 0.3) is 0 Å². The molecule has 15 heavy (non-hydrogen) atoms. The normalized spacial score (nSPS) is 24.6. The topological polar surface area (TPSA) is 15.3 Å². The minimum atomic E-state index is 0.707. The van der Waals surface area contributed by atoms with Crippen LogP contribution in [0.15, 0.2) is 0 Å². The third kappa shape index (κ3) is 5.53. The highest BCUT2D eigenvalue weighted by atomic mass is 15.2. The molecule has 1 saturated heterocycles. The van der Waals surface area contributed by atoms with E-state index in [0.717, 1.165) is 6.04 Å². The third-order valence-electron chi connectivity index (χ3n) is 3.40. The van der Waals surface area contributed by atoms with Gasteiger partial charge in [0.2, 0.25) is 0 Å². The highest BCUT2D eigenvalue weighted by Crippen LogP contribution is 2.10. The second-order valence-electron chi connectivity index (χ2n) is 5.16. The van der Waals surface area contributed by atoms with Crippen molar-refractivity contribution in [1.29, 1.82) is 0 Å². The van der Waals surface area contributed by atoms with Gasteiger partial charge in [-0.15, -0.1) is 0 Å². The molecule has 0 aromatic rings. The highest BCUT2D eigenvalue weighted by molar-refractivity contribution is 4.80. The van der Waals surface area contributed by atoms with Crippen LogP contribution in [0.2, 0.25) is 0 Å². The summed E-state index contributed by atoms with van der Waals surface area (Å²) in [6.07, 6.45) is 8.22. The van der Waals surface area contributed by atoms with Crippen molar-refractivity contribution in [3.63, 3.8) is 0 Å². The van der Waals surface area contributed by atoms with E-state index < -0.39 is 0 Å². The van der Waals surface area contributed by atoms with Crippen LogP contribution in [0.25, 0.3) is 0 Å². The molecule has 1 fully saturated rings. The number of unbranched alkanes of at least 4 members (excludes halogenated alkanes) is 3. The predicted octanol–water partition coefficient (Wildman–Crippen LogP) is 2.64. The lowest BCUT2D eigenvalue weighted by Crippen LogP contribution is -2.38. The molecule has 2 nitrogen and oxygen atoms in total. The maximum absolute atomic E-state index is 3.74. The molecule has 1 N–H and O–H groups in total. The third-order valence-corrected chi connectivity index (χ3v) is 3.40. The standard InChI is InChI=1S/C13H28N2/c1-4-5-6-7-8-12(2)14-13-9-10-15(3)11-13/h12-14H,4-11H2,1-3H3/t12-,13-/m1/s1. The minimum Gasteiger partial charge on any atom is -0.310 e. The molecule has 2 atom stereocenters. The van der Waals surface area contributed by atoms with Gasteiger partial charge in [-0.1, -0.05) is 32.6 Å². The second kappa shape index (κ2) is 7.24. The average molecular weight is 212 g/mol. The maximum atomic E-state index is 3.74. The van der Waals surface area contributed by atoms with E-state index in [9.17, 15) is 0 Å². The van der Waals surface area contributed by atoms with Crippen LogP contribution in [0.5, 0.6) is 0 Å². The number of hydrogen-bond donors (Lipinski definition) is 1. The number of rotatable bonds is 7. The molecule has 0 radical (unpaired) electrons. The molecule has 0 aromatic carbocycles. The summed E-state index contributed by atoms with van der Waals surface area (Å²) in [5, 5.41) is 3.74. The Morgan fingerprint density at radius 3 is 2.73 bits per heavy atom. The van der Waals surface area contributed by atoms with Crippen LogP contribution in [0, 0.1) is 0 Å². The van der Waals surface area contributed by atoms with Gasteiger partial charge in [0.15, 0.2) is 0 Å². The van der Waals surface area contributed by atoms with Gasteiger partial charge in [-0.05, 0) is 33.4 Å². The summed E-state index contributed by atoms with van der Waals surface area (Å²) in [5.41, 5.74) is 0. The van der Waals surface area contributed by atoms with Crippen molar-refractivity contribution in [3.8, 4) is 0 Å². The first-order chi connectivity index (χ1) is 7.22. The molecule has 0 saturated carbocycles. The molecule has 1 heterocycles. The molecule has 0 bridgehead atoms. The van der Waals surface area contributed by atoms with Crippen LogP contribution < -0.4 is 5.32 Å². The summed E-state index contributed by atoms with van der Waals surface area (Å²) >= 11 is 0. The molecule has 1 aliphatic heterocycles. The van der Waals surface area contributed by atoms with Crippen LogP contribution in [-0.4, -0.2) is 37.1 Å². The summed E-state index contributed by atoms with van der Waals surface area (Å²) < 4.78 is 0. The molecule has 1 rings (SSSR count). The second-order valence-corrected chi connectivity index (χ2v) is 5.16. The van der Waals surface area contributed by atoms with Gasteiger partial charge in [0.05, 0.1) is 0 Å². The van der Waals surface area contributed by atoms with E-state index in [1.807, 2.05) is 0 Å². The molecule has 0 aromatic heterocycles. The number of nitrogens with zero attached hydrogens (tertiary/aromatic N) is 1. The predicted molar refractivity (Wildman–Crippen MR) is 67.3 cm³/mol. The zero-order valence-corrected chi connectivity index (χ0v) is 10.8. The van der Waals surface area contributed by atoms with Crippen molar-refractivity contribution in [2.24, 2.45) is 0 Å². The zero-order chi connectivity index (χ0) is 11.1. The van der Waals surface area contributed by atoms with Gasteiger partial charge >= 0.3 is 0 Å². The zero-order valence-electron chi connectivity index (χ0n) is 10.8. The number of likely N-dealkylation sites (tertiary alicyclic amines) is 1. The Balaban J connectivity index is 2.00. The van der Waals surface area contributed by atoms with Gasteiger partial charge in [0.1, 0.15) is 0 Å². The first-order valence-electron chi connectivity index (χ1n) is 6.67. The monoisotopic (exact) mass is 212 g/mol.